The Balaban J connectivity index is 1.93. The average molecular weight is 322 g/mol. The van der Waals surface area contributed by atoms with Gasteiger partial charge in [0, 0.05) is 24.1 Å². The number of aromatic nitrogens is 3. The van der Waals surface area contributed by atoms with E-state index in [0.29, 0.717) is 0 Å². The van der Waals surface area contributed by atoms with E-state index in [1.165, 1.54) is 0 Å². The second kappa shape index (κ2) is 7.05. The van der Waals surface area contributed by atoms with E-state index >= 15 is 0 Å². The van der Waals surface area contributed by atoms with Crippen LogP contribution in [-0.4, -0.2) is 21.8 Å². The van der Waals surface area contributed by atoms with Gasteiger partial charge in [-0.1, -0.05) is 6.07 Å². The molecule has 2 aromatic rings. The highest BCUT2D eigenvalue weighted by molar-refractivity contribution is 5.69. The van der Waals surface area contributed by atoms with Crippen LogP contribution in [-0.2, 0) is 17.9 Å². The molecule has 23 heavy (non-hydrogen) atoms. The minimum absolute atomic E-state index is 0.0189. The fourth-order valence-corrected chi connectivity index (χ4v) is 1.54. The quantitative estimate of drug-likeness (QED) is 0.825. The summed E-state index contributed by atoms with van der Waals surface area (Å²) in [6.07, 6.45) is 2.43. The first-order valence-corrected chi connectivity index (χ1v) is 6.92. The molecule has 0 saturated carbocycles. The largest absolute Gasteiger partial charge is 0.415 e. The number of carbonyl (C=O) groups excluding carboxylic acids is 1. The molecule has 1 amide bonds. The summed E-state index contributed by atoms with van der Waals surface area (Å²) in [6.45, 7) is 5.73. The van der Waals surface area contributed by atoms with Gasteiger partial charge >= 0.3 is 12.0 Å². The highest BCUT2D eigenvalue weighted by atomic mass is 16.8. The van der Waals surface area contributed by atoms with Crippen LogP contribution in [0.15, 0.2) is 29.2 Å². The van der Waals surface area contributed by atoms with Crippen LogP contribution in [0.5, 0.6) is 5.88 Å². The Morgan fingerprint density at radius 3 is 2.91 bits per heavy atom. The van der Waals surface area contributed by atoms with E-state index in [0.717, 1.165) is 5.56 Å². The SMILES string of the molecule is CC(C)(C)OCc1no[n+]([O-])c1OC(=O)NCc1cccnc1. The van der Waals surface area contributed by atoms with Crippen LogP contribution >= 0.6 is 0 Å². The minimum atomic E-state index is -0.807. The fraction of sp³-hybridized carbons (Fsp3) is 0.429. The Morgan fingerprint density at radius 1 is 1.48 bits per heavy atom. The van der Waals surface area contributed by atoms with Crippen molar-refractivity contribution in [1.29, 1.82) is 0 Å². The Labute approximate surface area is 132 Å². The first-order chi connectivity index (χ1) is 10.8. The van der Waals surface area contributed by atoms with Gasteiger partial charge in [0.2, 0.25) is 0 Å². The Kier molecular flexibility index (Phi) is 5.12. The van der Waals surface area contributed by atoms with E-state index in [1.54, 1.807) is 24.5 Å². The van der Waals surface area contributed by atoms with Crippen LogP contribution in [0, 0.1) is 5.21 Å². The second-order valence-corrected chi connectivity index (χ2v) is 5.69. The van der Waals surface area contributed by atoms with Crippen LogP contribution in [0.3, 0.4) is 0 Å². The van der Waals surface area contributed by atoms with E-state index in [2.05, 4.69) is 20.1 Å². The zero-order valence-electron chi connectivity index (χ0n) is 13.1. The molecule has 124 valence electrons. The summed E-state index contributed by atoms with van der Waals surface area (Å²) in [5.41, 5.74) is 0.458. The van der Waals surface area contributed by atoms with Crippen LogP contribution < -0.4 is 15.0 Å². The van der Waals surface area contributed by atoms with Gasteiger partial charge in [0.25, 0.3) is 5.69 Å². The summed E-state index contributed by atoms with van der Waals surface area (Å²) in [4.78, 5) is 15.7. The predicted molar refractivity (Wildman–Crippen MR) is 77.1 cm³/mol. The molecule has 1 N–H and O–H groups in total. The van der Waals surface area contributed by atoms with Crippen molar-refractivity contribution in [3.63, 3.8) is 0 Å². The number of nitrogens with one attached hydrogen (secondary N) is 1. The van der Waals surface area contributed by atoms with Gasteiger partial charge in [0.05, 0.1) is 5.60 Å². The zero-order chi connectivity index (χ0) is 16.9. The summed E-state index contributed by atoms with van der Waals surface area (Å²) in [5.74, 6) is -0.349. The molecule has 0 aliphatic carbocycles. The van der Waals surface area contributed by atoms with E-state index in [1.807, 2.05) is 20.8 Å². The van der Waals surface area contributed by atoms with Crippen molar-refractivity contribution in [2.75, 3.05) is 0 Å². The van der Waals surface area contributed by atoms with Gasteiger partial charge < -0.3 is 20.0 Å². The Hall–Kier alpha value is -2.68. The molecule has 0 aliphatic heterocycles. The maximum atomic E-state index is 11.8. The number of ether oxygens (including phenoxy) is 2. The van der Waals surface area contributed by atoms with Gasteiger partial charge in [-0.05, 0) is 37.3 Å². The number of hydrogen-bond donors (Lipinski definition) is 1. The minimum Gasteiger partial charge on any atom is -0.367 e. The van der Waals surface area contributed by atoms with E-state index < -0.39 is 11.7 Å². The van der Waals surface area contributed by atoms with Gasteiger partial charge in [0.15, 0.2) is 0 Å². The summed E-state index contributed by atoms with van der Waals surface area (Å²) in [7, 11) is 0. The Bertz CT molecular complexity index is 651. The van der Waals surface area contributed by atoms with Gasteiger partial charge in [-0.3, -0.25) is 9.61 Å². The van der Waals surface area contributed by atoms with Crippen LogP contribution in [0.2, 0.25) is 0 Å². The molecular formula is C14H18N4O5. The van der Waals surface area contributed by atoms with Crippen LogP contribution in [0.4, 0.5) is 4.79 Å². The molecule has 2 aromatic heterocycles. The summed E-state index contributed by atoms with van der Waals surface area (Å²) in [6, 6.07) is 3.54. The lowest BCUT2D eigenvalue weighted by atomic mass is 10.2. The third kappa shape index (κ3) is 5.22. The number of hydrogen-bond acceptors (Lipinski definition) is 7. The summed E-state index contributed by atoms with van der Waals surface area (Å²) < 4.78 is 14.9. The van der Waals surface area contributed by atoms with Gasteiger partial charge in [-0.2, -0.15) is 0 Å². The molecular weight excluding hydrogens is 304 g/mol. The Morgan fingerprint density at radius 2 is 2.26 bits per heavy atom. The lowest BCUT2D eigenvalue weighted by molar-refractivity contribution is -0.804. The molecule has 0 spiro atoms. The van der Waals surface area contributed by atoms with Crippen LogP contribution in [0.1, 0.15) is 32.0 Å². The first kappa shape index (κ1) is 16.7. The van der Waals surface area contributed by atoms with E-state index in [-0.39, 0.29) is 29.6 Å². The fourth-order valence-electron chi connectivity index (χ4n) is 1.54. The number of pyridine rings is 1. The van der Waals surface area contributed by atoms with Crippen LogP contribution in [0.25, 0.3) is 0 Å². The lowest BCUT2D eigenvalue weighted by Crippen LogP contribution is -2.33. The van der Waals surface area contributed by atoms with Gasteiger partial charge in [-0.15, -0.1) is 0 Å². The molecule has 0 fully saturated rings. The maximum Gasteiger partial charge on any atom is 0.415 e. The summed E-state index contributed by atoms with van der Waals surface area (Å²) >= 11 is 0. The molecule has 9 nitrogen and oxygen atoms in total. The maximum absolute atomic E-state index is 11.8. The summed E-state index contributed by atoms with van der Waals surface area (Å²) in [5, 5.41) is 17.5. The zero-order valence-corrected chi connectivity index (χ0v) is 13.1. The molecule has 2 heterocycles. The van der Waals surface area contributed by atoms with E-state index in [9.17, 15) is 10.0 Å². The second-order valence-electron chi connectivity index (χ2n) is 5.69. The van der Waals surface area contributed by atoms with Crippen molar-refractivity contribution in [2.45, 2.75) is 39.5 Å². The molecule has 0 atom stereocenters. The number of rotatable bonds is 5. The monoisotopic (exact) mass is 322 g/mol. The normalized spacial score (nSPS) is 11.3. The van der Waals surface area contributed by atoms with Crippen molar-refractivity contribution in [1.82, 2.24) is 15.5 Å². The number of nitrogens with zero attached hydrogens (tertiary/aromatic N) is 3. The van der Waals surface area contributed by atoms with Gasteiger partial charge in [-0.25, -0.2) is 4.79 Å². The predicted octanol–water partition coefficient (Wildman–Crippen LogP) is 1.31. The molecule has 0 unspecified atom stereocenters. The first-order valence-electron chi connectivity index (χ1n) is 6.92. The highest BCUT2D eigenvalue weighted by Crippen LogP contribution is 2.16. The van der Waals surface area contributed by atoms with Crippen molar-refractivity contribution in [3.8, 4) is 5.88 Å². The van der Waals surface area contributed by atoms with Crippen molar-refractivity contribution in [3.05, 3.63) is 41.0 Å². The average Bonchev–Trinajstić information content (AvgIpc) is 2.84. The highest BCUT2D eigenvalue weighted by Gasteiger charge is 2.26. The van der Waals surface area contributed by atoms with Crippen molar-refractivity contribution >= 4 is 6.09 Å². The molecule has 9 heteroatoms. The molecule has 2 rings (SSSR count). The molecule has 0 radical (unpaired) electrons. The molecule has 0 saturated heterocycles. The van der Waals surface area contributed by atoms with E-state index in [4.69, 9.17) is 9.47 Å². The van der Waals surface area contributed by atoms with Crippen molar-refractivity contribution in [2.24, 2.45) is 0 Å². The number of amides is 1. The van der Waals surface area contributed by atoms with Crippen molar-refractivity contribution < 1.29 is 23.8 Å². The standard InChI is InChI=1S/C14H18N4O5/c1-14(2,3)21-9-11-12(18(20)23-17-11)22-13(19)16-8-10-5-4-6-15-7-10/h4-7H,8-9H2,1-3H3,(H,16,19). The molecule has 0 aliphatic rings. The number of carbonyl (C=O) groups is 1. The topological polar surface area (TPSA) is 113 Å². The third-order valence-corrected chi connectivity index (χ3v) is 2.63. The molecule has 0 aromatic carbocycles. The molecule has 0 bridgehead atoms. The van der Waals surface area contributed by atoms with Gasteiger partial charge in [0.1, 0.15) is 6.61 Å². The lowest BCUT2D eigenvalue weighted by Gasteiger charge is -2.17. The third-order valence-electron chi connectivity index (χ3n) is 2.63. The smallest absolute Gasteiger partial charge is 0.367 e.